The highest BCUT2D eigenvalue weighted by atomic mass is 14.3. The predicted octanol–water partition coefficient (Wildman–Crippen LogP) is 18.1. The van der Waals surface area contributed by atoms with Crippen molar-refractivity contribution in [1.82, 2.24) is 0 Å². The molecule has 2 aliphatic carbocycles. The van der Waals surface area contributed by atoms with Crippen LogP contribution in [0.25, 0.3) is 110 Å². The molecule has 0 saturated carbocycles. The van der Waals surface area contributed by atoms with Crippen LogP contribution in [0, 0.1) is 41.7 Å². The van der Waals surface area contributed by atoms with Crippen LogP contribution in [0.1, 0.15) is 0 Å². The minimum absolute atomic E-state index is 1.21. The molecule has 0 heteroatoms. The molecule has 0 aliphatic heterocycles. The first kappa shape index (κ1) is 38.9. The van der Waals surface area contributed by atoms with Gasteiger partial charge < -0.3 is 0 Å². The Balaban J connectivity index is 1.20. The van der Waals surface area contributed by atoms with Crippen molar-refractivity contribution < 1.29 is 0 Å². The van der Waals surface area contributed by atoms with E-state index in [1.807, 2.05) is 0 Å². The largest absolute Gasteiger partial charge is 0.0622 e. The summed E-state index contributed by atoms with van der Waals surface area (Å²) in [6, 6.07) is 95.1. The fourth-order valence-corrected chi connectivity index (χ4v) is 12.4. The molecule has 0 atom stereocenters. The van der Waals surface area contributed by atoms with Gasteiger partial charge in [0.1, 0.15) is 0 Å². The molecule has 0 unspecified atom stereocenters. The molecule has 15 rings (SSSR count). The van der Waals surface area contributed by atoms with Crippen molar-refractivity contribution in [1.29, 1.82) is 0 Å². The van der Waals surface area contributed by atoms with Gasteiger partial charge in [-0.1, -0.05) is 231 Å². The van der Waals surface area contributed by atoms with E-state index in [2.05, 4.69) is 255 Å². The smallest absolute Gasteiger partial charge is 0.000740 e. The van der Waals surface area contributed by atoms with Gasteiger partial charge in [-0.25, -0.2) is 0 Å². The first-order valence-corrected chi connectivity index (χ1v) is 24.4. The Kier molecular flexibility index (Phi) is 8.46. The molecule has 13 aromatic rings. The molecular formula is C70H42. The van der Waals surface area contributed by atoms with Gasteiger partial charge in [-0.3, -0.25) is 0 Å². The summed E-state index contributed by atoms with van der Waals surface area (Å²) in [6.45, 7) is 0. The molecule has 0 spiro atoms. The van der Waals surface area contributed by atoms with Gasteiger partial charge in [-0.2, -0.15) is 0 Å². The molecule has 0 bridgehead atoms. The van der Waals surface area contributed by atoms with Gasteiger partial charge in [0.05, 0.1) is 0 Å². The summed E-state index contributed by atoms with van der Waals surface area (Å²) in [4.78, 5) is 0. The summed E-state index contributed by atoms with van der Waals surface area (Å²) in [7, 11) is 0. The lowest BCUT2D eigenvalue weighted by molar-refractivity contribution is 1.47. The summed E-state index contributed by atoms with van der Waals surface area (Å²) >= 11 is 0. The Labute approximate surface area is 404 Å². The van der Waals surface area contributed by atoms with Crippen molar-refractivity contribution >= 4 is 43.1 Å². The van der Waals surface area contributed by atoms with E-state index in [0.717, 1.165) is 0 Å². The predicted molar refractivity (Wildman–Crippen MR) is 293 cm³/mol. The molecule has 322 valence electrons. The fourth-order valence-electron chi connectivity index (χ4n) is 12.4. The monoisotopic (exact) mass is 882 g/mol. The average molecular weight is 883 g/mol. The van der Waals surface area contributed by atoms with Crippen LogP contribution < -0.4 is 0 Å². The lowest BCUT2D eigenvalue weighted by Gasteiger charge is -2.17. The second-order valence-electron chi connectivity index (χ2n) is 19.0. The van der Waals surface area contributed by atoms with E-state index in [9.17, 15) is 0 Å². The first-order chi connectivity index (χ1) is 34.8. The molecule has 70 heavy (non-hydrogen) atoms. The molecule has 0 saturated heterocycles. The SMILES string of the molecule is c1ccc(-c2cccc(-c3c4c(c(-c5ccccc5)c5ccccc35)=c3ccc5c6c(ccc=4c36)=c3c(-c4ccccc4)c4cc6ccccc6cc4c(-c4cccc(-c6ccccc6)c4)c3=5)c2)cc1. The topological polar surface area (TPSA) is 0 Å². The number of fused-ring (bicyclic) bond motifs is 5. The van der Waals surface area contributed by atoms with Crippen molar-refractivity contribution in [3.63, 3.8) is 0 Å². The molecular weight excluding hydrogens is 841 g/mol. The maximum atomic E-state index is 2.47. The number of hydrogen-bond donors (Lipinski definition) is 0. The fraction of sp³-hybridized carbons (Fsp3) is 0. The van der Waals surface area contributed by atoms with Gasteiger partial charge in [0.25, 0.3) is 0 Å². The Hall–Kier alpha value is -9.10. The summed E-state index contributed by atoms with van der Waals surface area (Å²) in [5, 5.41) is 20.7. The van der Waals surface area contributed by atoms with Gasteiger partial charge in [0.15, 0.2) is 0 Å². The van der Waals surface area contributed by atoms with Crippen LogP contribution in [-0.4, -0.2) is 0 Å². The zero-order valence-electron chi connectivity index (χ0n) is 38.2. The first-order valence-electron chi connectivity index (χ1n) is 24.4. The molecule has 0 aromatic heterocycles. The highest BCUT2D eigenvalue weighted by Gasteiger charge is 2.25. The maximum absolute atomic E-state index is 2.47. The number of hydrogen-bond acceptors (Lipinski definition) is 0. The molecule has 0 nitrogen and oxygen atoms in total. The summed E-state index contributed by atoms with van der Waals surface area (Å²) in [5.74, 6) is 0. The minimum Gasteiger partial charge on any atom is -0.0622 e. The van der Waals surface area contributed by atoms with Crippen LogP contribution in [-0.2, 0) is 0 Å². The highest BCUT2D eigenvalue weighted by molar-refractivity contribution is 6.13. The van der Waals surface area contributed by atoms with Gasteiger partial charge in [0, 0.05) is 0 Å². The molecule has 0 amide bonds. The minimum atomic E-state index is 1.21. The van der Waals surface area contributed by atoms with E-state index in [0.29, 0.717) is 0 Å². The Bertz CT molecular complexity index is 4780. The van der Waals surface area contributed by atoms with Gasteiger partial charge in [0.2, 0.25) is 0 Å². The van der Waals surface area contributed by atoms with Crippen LogP contribution in [0.5, 0.6) is 0 Å². The third-order valence-corrected chi connectivity index (χ3v) is 15.3. The zero-order chi connectivity index (χ0) is 45.9. The third-order valence-electron chi connectivity index (χ3n) is 15.3. The summed E-state index contributed by atoms with van der Waals surface area (Å²) < 4.78 is 0. The Morgan fingerprint density at radius 1 is 0.171 bits per heavy atom. The lowest BCUT2D eigenvalue weighted by atomic mass is 9.86. The number of benzene rings is 13. The van der Waals surface area contributed by atoms with Crippen LogP contribution in [0.2, 0.25) is 0 Å². The summed E-state index contributed by atoms with van der Waals surface area (Å²) in [5.41, 5.74) is 14.9. The van der Waals surface area contributed by atoms with Gasteiger partial charge in [-0.15, -0.1) is 0 Å². The van der Waals surface area contributed by atoms with E-state index >= 15 is 0 Å². The van der Waals surface area contributed by atoms with Gasteiger partial charge >= 0.3 is 0 Å². The van der Waals surface area contributed by atoms with E-state index in [1.165, 1.54) is 152 Å². The lowest BCUT2D eigenvalue weighted by Crippen LogP contribution is -1.93. The highest BCUT2D eigenvalue weighted by Crippen LogP contribution is 2.47. The molecule has 0 N–H and O–H groups in total. The molecule has 0 heterocycles. The van der Waals surface area contributed by atoms with Crippen LogP contribution in [0.15, 0.2) is 255 Å². The maximum Gasteiger partial charge on any atom is -0.000740 e. The normalized spacial score (nSPS) is 12.0. The van der Waals surface area contributed by atoms with Crippen LogP contribution >= 0.6 is 0 Å². The second kappa shape index (κ2) is 15.2. The summed E-state index contributed by atoms with van der Waals surface area (Å²) in [6.07, 6.45) is 0. The standard InChI is InChI=1S/C70H42/c1-5-19-43(20-6-1)47-29-17-31-51(39-47)63-54-34-16-15-33-53(54)61(45-23-9-3-10-24-45)67-55-35-38-58-66-56(36-37-57(65(55)66)69(63)67)68-62(46-25-11-4-12-26-46)59-41-49-27-13-14-28-50(49)42-60(59)64(70(58)68)52-32-18-30-48(40-52)44-21-7-2-8-22-44/h1-42H. The van der Waals surface area contributed by atoms with Gasteiger partial charge in [-0.05, 0) is 176 Å². The zero-order valence-corrected chi connectivity index (χ0v) is 38.2. The van der Waals surface area contributed by atoms with Crippen molar-refractivity contribution in [2.24, 2.45) is 0 Å². The number of rotatable bonds is 6. The Morgan fingerprint density at radius 3 is 0.857 bits per heavy atom. The molecule has 0 fully saturated rings. The van der Waals surface area contributed by atoms with Crippen LogP contribution in [0.3, 0.4) is 0 Å². The van der Waals surface area contributed by atoms with Crippen molar-refractivity contribution in [3.05, 3.63) is 297 Å². The third kappa shape index (κ3) is 5.65. The molecule has 0 radical (unpaired) electrons. The van der Waals surface area contributed by atoms with Crippen molar-refractivity contribution in [3.8, 4) is 66.8 Å². The van der Waals surface area contributed by atoms with E-state index in [1.54, 1.807) is 0 Å². The molecule has 2 aliphatic rings. The Morgan fingerprint density at radius 2 is 0.457 bits per heavy atom. The van der Waals surface area contributed by atoms with Crippen LogP contribution in [0.4, 0.5) is 0 Å². The van der Waals surface area contributed by atoms with E-state index in [-0.39, 0.29) is 0 Å². The quantitative estimate of drug-likeness (QED) is 0.146. The second-order valence-corrected chi connectivity index (χ2v) is 19.0. The van der Waals surface area contributed by atoms with Crippen molar-refractivity contribution in [2.75, 3.05) is 0 Å². The van der Waals surface area contributed by atoms with E-state index < -0.39 is 0 Å². The van der Waals surface area contributed by atoms with E-state index in [4.69, 9.17) is 0 Å². The average Bonchev–Trinajstić information content (AvgIpc) is 3.94. The van der Waals surface area contributed by atoms with Crippen molar-refractivity contribution in [2.45, 2.75) is 0 Å². The molecule has 13 aromatic carbocycles.